The summed E-state index contributed by atoms with van der Waals surface area (Å²) in [4.78, 5) is 14.7. The first-order chi connectivity index (χ1) is 6.48. The molecule has 0 saturated heterocycles. The fraction of sp³-hybridized carbons (Fsp3) is 0.200. The Hall–Kier alpha value is -1.61. The van der Waals surface area contributed by atoms with Crippen LogP contribution in [0.25, 0.3) is 0 Å². The van der Waals surface area contributed by atoms with Gasteiger partial charge in [0.15, 0.2) is 11.9 Å². The molecular weight excluding hydrogens is 208 g/mol. The highest BCUT2D eigenvalue weighted by Gasteiger charge is 2.30. The molecule has 9 heteroatoms. The maximum atomic E-state index is 10.9. The molecule has 0 spiro atoms. The van der Waals surface area contributed by atoms with Gasteiger partial charge < -0.3 is 5.73 Å². The first kappa shape index (κ1) is 8.97. The molecule has 14 heavy (non-hydrogen) atoms. The molecule has 4 N–H and O–H groups in total. The summed E-state index contributed by atoms with van der Waals surface area (Å²) in [6.07, 6.45) is 1.25. The number of nitrogens with zero attached hydrogens (tertiary/aromatic N) is 4. The van der Waals surface area contributed by atoms with Gasteiger partial charge in [-0.1, -0.05) is 0 Å². The molecule has 2 aliphatic rings. The summed E-state index contributed by atoms with van der Waals surface area (Å²) in [5.74, 6) is 0.220. The van der Waals surface area contributed by atoms with Crippen molar-refractivity contribution in [1.82, 2.24) is 0 Å². The van der Waals surface area contributed by atoms with E-state index in [4.69, 9.17) is 10.9 Å². The molecule has 0 aromatic heterocycles. The minimum absolute atomic E-state index is 0.0246. The van der Waals surface area contributed by atoms with E-state index < -0.39 is 21.2 Å². The number of hydrogen-bond donors (Lipinski definition) is 2. The van der Waals surface area contributed by atoms with Crippen molar-refractivity contribution < 1.29 is 8.42 Å². The van der Waals surface area contributed by atoms with E-state index >= 15 is 0 Å². The minimum Gasteiger partial charge on any atom is -0.385 e. The van der Waals surface area contributed by atoms with E-state index in [2.05, 4.69) is 20.0 Å². The molecule has 8 nitrogen and oxygen atoms in total. The Morgan fingerprint density at radius 1 is 1.36 bits per heavy atom. The number of sulfonamides is 1. The molecule has 0 saturated carbocycles. The molecule has 2 rings (SSSR count). The molecule has 1 unspecified atom stereocenters. The number of nitrogens with two attached hydrogens (primary N) is 2. The quantitative estimate of drug-likeness (QED) is 0.474. The molecule has 0 bridgehead atoms. The zero-order chi connectivity index (χ0) is 10.3. The third-order valence-corrected chi connectivity index (χ3v) is 2.31. The molecule has 2 aliphatic heterocycles. The second-order valence-electron chi connectivity index (χ2n) is 2.63. The van der Waals surface area contributed by atoms with Gasteiger partial charge in [0.05, 0.1) is 0 Å². The van der Waals surface area contributed by atoms with Crippen LogP contribution in [-0.4, -0.2) is 37.6 Å². The van der Waals surface area contributed by atoms with Crippen molar-refractivity contribution in [1.29, 1.82) is 0 Å². The Bertz CT molecular complexity index is 498. The molecular formula is C5H6N6O2S. The monoisotopic (exact) mass is 214 g/mol. The highest BCUT2D eigenvalue weighted by atomic mass is 32.2. The van der Waals surface area contributed by atoms with Gasteiger partial charge >= 0.3 is 0 Å². The normalized spacial score (nSPS) is 25.2. The number of rotatable bonds is 0. The third kappa shape index (κ3) is 1.32. The lowest BCUT2D eigenvalue weighted by molar-refractivity contribution is 0.608. The topological polar surface area (TPSA) is 136 Å². The van der Waals surface area contributed by atoms with Gasteiger partial charge in [0.25, 0.3) is 15.2 Å². The molecule has 0 fully saturated rings. The second-order valence-corrected chi connectivity index (χ2v) is 4.09. The Morgan fingerprint density at radius 3 is 2.71 bits per heavy atom. The molecule has 74 valence electrons. The van der Waals surface area contributed by atoms with Crippen LogP contribution in [0.2, 0.25) is 0 Å². The molecule has 1 atom stereocenters. The molecule has 0 radical (unpaired) electrons. The highest BCUT2D eigenvalue weighted by molar-refractivity contribution is 8.04. The minimum atomic E-state index is -3.95. The van der Waals surface area contributed by atoms with Crippen molar-refractivity contribution in [3.63, 3.8) is 0 Å². The van der Waals surface area contributed by atoms with E-state index in [9.17, 15) is 8.42 Å². The first-order valence-electron chi connectivity index (χ1n) is 3.53. The molecule has 2 heterocycles. The lowest BCUT2D eigenvalue weighted by atomic mass is 10.2. The predicted molar refractivity (Wildman–Crippen MR) is 51.9 cm³/mol. The van der Waals surface area contributed by atoms with E-state index in [1.807, 2.05) is 0 Å². The maximum Gasteiger partial charge on any atom is 0.273 e. The van der Waals surface area contributed by atoms with Gasteiger partial charge in [0.1, 0.15) is 12.2 Å². The standard InChI is InChI=1S/C5H6N6O2S/c6-3-2-4(9-1-8-2)11-5(10-3)14(7,12)13/h1-2H,(H2,7,12,13)(H2,6,8,9,10,11). The van der Waals surface area contributed by atoms with Crippen LogP contribution in [0, 0.1) is 0 Å². The fourth-order valence-electron chi connectivity index (χ4n) is 1.02. The zero-order valence-corrected chi connectivity index (χ0v) is 7.64. The van der Waals surface area contributed by atoms with Gasteiger partial charge in [0, 0.05) is 0 Å². The van der Waals surface area contributed by atoms with Crippen molar-refractivity contribution in [3.8, 4) is 0 Å². The summed E-state index contributed by atoms with van der Waals surface area (Å²) in [6.45, 7) is 0. The van der Waals surface area contributed by atoms with E-state index in [0.29, 0.717) is 0 Å². The number of amidine groups is 3. The van der Waals surface area contributed by atoms with Crippen molar-refractivity contribution >= 4 is 33.2 Å². The summed E-state index contributed by atoms with van der Waals surface area (Å²) in [5, 5.41) is 4.31. The number of hydrogen-bond acceptors (Lipinski definition) is 7. The van der Waals surface area contributed by atoms with Crippen molar-refractivity contribution in [3.05, 3.63) is 0 Å². The zero-order valence-electron chi connectivity index (χ0n) is 6.82. The summed E-state index contributed by atoms with van der Waals surface area (Å²) in [7, 11) is -3.95. The van der Waals surface area contributed by atoms with E-state index in [1.165, 1.54) is 6.34 Å². The van der Waals surface area contributed by atoms with Gasteiger partial charge in [-0.25, -0.2) is 23.5 Å². The summed E-state index contributed by atoms with van der Waals surface area (Å²) in [6, 6.07) is -0.569. The first-order valence-corrected chi connectivity index (χ1v) is 5.08. The van der Waals surface area contributed by atoms with E-state index in [-0.39, 0.29) is 11.7 Å². The van der Waals surface area contributed by atoms with Crippen LogP contribution < -0.4 is 10.9 Å². The largest absolute Gasteiger partial charge is 0.385 e. The van der Waals surface area contributed by atoms with Crippen molar-refractivity contribution in [2.75, 3.05) is 0 Å². The SMILES string of the molecule is NC1=NC(S(N)(=O)=O)=NC2=NC=NC12. The Balaban J connectivity index is 2.51. The molecule has 0 aromatic rings. The highest BCUT2D eigenvalue weighted by Crippen LogP contribution is 2.10. The van der Waals surface area contributed by atoms with Crippen LogP contribution in [0.5, 0.6) is 0 Å². The smallest absolute Gasteiger partial charge is 0.273 e. The summed E-state index contributed by atoms with van der Waals surface area (Å²) >= 11 is 0. The van der Waals surface area contributed by atoms with Gasteiger partial charge in [-0.3, -0.25) is 4.99 Å². The predicted octanol–water partition coefficient (Wildman–Crippen LogP) is -2.19. The average Bonchev–Trinajstić information content (AvgIpc) is 2.50. The molecule has 0 amide bonds. The Labute approximate surface area is 79.2 Å². The van der Waals surface area contributed by atoms with Crippen LogP contribution >= 0.6 is 0 Å². The number of aliphatic imine (C=N–C) groups is 4. The third-order valence-electron chi connectivity index (χ3n) is 1.62. The lowest BCUT2D eigenvalue weighted by Gasteiger charge is -2.12. The van der Waals surface area contributed by atoms with Crippen LogP contribution in [0.15, 0.2) is 20.0 Å². The molecule has 0 aromatic carbocycles. The van der Waals surface area contributed by atoms with E-state index in [1.54, 1.807) is 0 Å². The maximum absolute atomic E-state index is 10.9. The van der Waals surface area contributed by atoms with E-state index in [0.717, 1.165) is 0 Å². The summed E-state index contributed by atoms with van der Waals surface area (Å²) < 4.78 is 21.8. The van der Waals surface area contributed by atoms with Gasteiger partial charge in [0.2, 0.25) is 0 Å². The second kappa shape index (κ2) is 2.69. The van der Waals surface area contributed by atoms with Gasteiger partial charge in [-0.2, -0.15) is 4.99 Å². The van der Waals surface area contributed by atoms with Gasteiger partial charge in [-0.05, 0) is 0 Å². The number of primary sulfonamides is 1. The van der Waals surface area contributed by atoms with Crippen LogP contribution in [0.3, 0.4) is 0 Å². The van der Waals surface area contributed by atoms with Crippen LogP contribution in [0.4, 0.5) is 0 Å². The van der Waals surface area contributed by atoms with Crippen LogP contribution in [-0.2, 0) is 10.0 Å². The summed E-state index contributed by atoms with van der Waals surface area (Å²) in [5.41, 5.74) is 5.46. The fourth-order valence-corrected chi connectivity index (χ4v) is 1.47. The lowest BCUT2D eigenvalue weighted by Crippen LogP contribution is -2.39. The van der Waals surface area contributed by atoms with Gasteiger partial charge in [-0.15, -0.1) is 0 Å². The van der Waals surface area contributed by atoms with Crippen molar-refractivity contribution in [2.45, 2.75) is 6.04 Å². The Morgan fingerprint density at radius 2 is 2.07 bits per heavy atom. The Kier molecular flexibility index (Phi) is 1.72. The molecule has 0 aliphatic carbocycles. The van der Waals surface area contributed by atoms with Crippen LogP contribution in [0.1, 0.15) is 0 Å². The van der Waals surface area contributed by atoms with Crippen molar-refractivity contribution in [2.24, 2.45) is 30.8 Å². The number of fused-ring (bicyclic) bond motifs is 1. The average molecular weight is 214 g/mol.